The Balaban J connectivity index is 1.65. The fourth-order valence-corrected chi connectivity index (χ4v) is 6.21. The van der Waals surface area contributed by atoms with Gasteiger partial charge in [0.25, 0.3) is 0 Å². The Hall–Kier alpha value is -1.36. The van der Waals surface area contributed by atoms with Crippen LogP contribution in [0.4, 0.5) is 0 Å². The molecule has 4 rings (SSSR count). The van der Waals surface area contributed by atoms with E-state index in [2.05, 4.69) is 13.0 Å². The molecule has 0 aromatic carbocycles. The molecule has 0 aromatic rings. The minimum Gasteiger partial charge on any atom is -0.299 e. The van der Waals surface area contributed by atoms with Gasteiger partial charge in [-0.1, -0.05) is 23.6 Å². The van der Waals surface area contributed by atoms with Crippen LogP contribution in [0.3, 0.4) is 0 Å². The van der Waals surface area contributed by atoms with Gasteiger partial charge in [-0.05, 0) is 68.1 Å². The lowest BCUT2D eigenvalue weighted by Gasteiger charge is -2.50. The topological polar surface area (TPSA) is 40.9 Å². The predicted octanol–water partition coefficient (Wildman–Crippen LogP) is 4.72. The third kappa shape index (κ3) is 1.94. The molecule has 0 radical (unpaired) electrons. The first kappa shape index (κ1) is 14.2. The number of carbonyl (C=O) groups excluding carboxylic acids is 1. The second-order valence-electron chi connectivity index (χ2n) is 8.05. The zero-order valence-corrected chi connectivity index (χ0v) is 13.5. The van der Waals surface area contributed by atoms with Crippen molar-refractivity contribution in [1.29, 1.82) is 5.26 Å². The van der Waals surface area contributed by atoms with Crippen molar-refractivity contribution in [1.82, 2.24) is 0 Å². The van der Waals surface area contributed by atoms with Crippen LogP contribution in [0.25, 0.3) is 0 Å². The molecule has 0 aliphatic heterocycles. The smallest absolute Gasteiger partial charge is 0.137 e. The summed E-state index contributed by atoms with van der Waals surface area (Å²) in [5, 5.41) is 9.08. The van der Waals surface area contributed by atoms with E-state index in [1.165, 1.54) is 36.8 Å². The van der Waals surface area contributed by atoms with Crippen molar-refractivity contribution in [3.05, 3.63) is 22.8 Å². The van der Waals surface area contributed by atoms with Gasteiger partial charge in [0.1, 0.15) is 5.78 Å². The van der Waals surface area contributed by atoms with Crippen LogP contribution in [-0.4, -0.2) is 5.78 Å². The molecule has 2 saturated carbocycles. The minimum absolute atomic E-state index is 0.277. The van der Waals surface area contributed by atoms with E-state index < -0.39 is 0 Å². The van der Waals surface area contributed by atoms with Gasteiger partial charge in [0.15, 0.2) is 0 Å². The van der Waals surface area contributed by atoms with E-state index >= 15 is 0 Å². The third-order valence-electron chi connectivity index (χ3n) is 7.29. The molecule has 4 aliphatic carbocycles. The van der Waals surface area contributed by atoms with Crippen molar-refractivity contribution in [3.8, 4) is 6.07 Å². The van der Waals surface area contributed by atoms with Crippen molar-refractivity contribution >= 4 is 5.78 Å². The number of Topliss-reactive ketones (excluding diaryl/α,β-unsaturated/α-hetero) is 1. The average molecular weight is 295 g/mol. The molecule has 2 nitrogen and oxygen atoms in total. The minimum atomic E-state index is 0.277. The summed E-state index contributed by atoms with van der Waals surface area (Å²) in [6.45, 7) is 2.42. The van der Waals surface area contributed by atoms with Gasteiger partial charge < -0.3 is 0 Å². The van der Waals surface area contributed by atoms with E-state index in [-0.39, 0.29) is 5.41 Å². The summed E-state index contributed by atoms with van der Waals surface area (Å²) < 4.78 is 0. The first-order chi connectivity index (χ1) is 10.6. The number of rotatable bonds is 0. The Bertz CT molecular complexity index is 620. The quantitative estimate of drug-likeness (QED) is 0.479. The van der Waals surface area contributed by atoms with Crippen LogP contribution < -0.4 is 0 Å². The first-order valence-electron chi connectivity index (χ1n) is 8.95. The molecule has 22 heavy (non-hydrogen) atoms. The highest BCUT2D eigenvalue weighted by Gasteiger charge is 2.52. The summed E-state index contributed by atoms with van der Waals surface area (Å²) in [5.41, 5.74) is 4.87. The SMILES string of the molecule is C[C@]12CC[C@@H]3C4=C(CC[C@H]3[C@@H]1CCC2=CC#N)CC(=O)CC4. The molecule has 0 amide bonds. The van der Waals surface area contributed by atoms with Gasteiger partial charge in [0.2, 0.25) is 0 Å². The lowest BCUT2D eigenvalue weighted by Crippen LogP contribution is -2.42. The second kappa shape index (κ2) is 5.08. The number of allylic oxidation sites excluding steroid dienone is 4. The zero-order chi connectivity index (χ0) is 15.3. The van der Waals surface area contributed by atoms with Crippen LogP contribution in [0.2, 0.25) is 0 Å². The molecular formula is C20H25NO. The van der Waals surface area contributed by atoms with Gasteiger partial charge >= 0.3 is 0 Å². The number of hydrogen-bond donors (Lipinski definition) is 0. The standard InChI is InChI=1S/C20H25NO/c1-20-10-8-17-16-6-4-15(22)12-13(16)2-5-18(17)19(20)7-3-14(20)9-11-21/h9,17-19H,2-8,10,12H2,1H3/t17-,18-,19+,20-/m1/s1. The monoisotopic (exact) mass is 295 g/mol. The number of ketones is 1. The van der Waals surface area contributed by atoms with E-state index in [4.69, 9.17) is 5.26 Å². The van der Waals surface area contributed by atoms with Crippen LogP contribution in [0, 0.1) is 34.5 Å². The molecule has 0 aromatic heterocycles. The average Bonchev–Trinajstić information content (AvgIpc) is 2.84. The molecule has 116 valence electrons. The Morgan fingerprint density at radius 3 is 2.86 bits per heavy atom. The molecule has 0 spiro atoms. The fraction of sp³-hybridized carbons (Fsp3) is 0.700. The normalized spacial score (nSPS) is 42.6. The zero-order valence-electron chi connectivity index (χ0n) is 13.5. The van der Waals surface area contributed by atoms with Gasteiger partial charge in [-0.2, -0.15) is 5.26 Å². The van der Waals surface area contributed by atoms with Crippen molar-refractivity contribution < 1.29 is 4.79 Å². The number of hydrogen-bond acceptors (Lipinski definition) is 2. The second-order valence-corrected chi connectivity index (χ2v) is 8.05. The van der Waals surface area contributed by atoms with E-state index in [1.807, 2.05) is 6.08 Å². The van der Waals surface area contributed by atoms with Crippen LogP contribution in [0.5, 0.6) is 0 Å². The van der Waals surface area contributed by atoms with E-state index in [1.54, 1.807) is 5.57 Å². The van der Waals surface area contributed by atoms with Crippen molar-refractivity contribution in [2.45, 2.75) is 64.7 Å². The number of nitriles is 1. The van der Waals surface area contributed by atoms with Crippen LogP contribution in [-0.2, 0) is 4.79 Å². The highest BCUT2D eigenvalue weighted by Crippen LogP contribution is 2.62. The lowest BCUT2D eigenvalue weighted by molar-refractivity contribution is -0.119. The maximum atomic E-state index is 11.8. The molecule has 0 unspecified atom stereocenters. The maximum Gasteiger partial charge on any atom is 0.137 e. The molecule has 0 saturated heterocycles. The first-order valence-corrected chi connectivity index (χ1v) is 8.95. The van der Waals surface area contributed by atoms with Crippen LogP contribution in [0.1, 0.15) is 64.7 Å². The molecule has 0 N–H and O–H groups in total. The Morgan fingerprint density at radius 1 is 1.18 bits per heavy atom. The predicted molar refractivity (Wildman–Crippen MR) is 85.9 cm³/mol. The summed E-state index contributed by atoms with van der Waals surface area (Å²) in [5.74, 6) is 2.77. The Kier molecular flexibility index (Phi) is 3.29. The van der Waals surface area contributed by atoms with Crippen LogP contribution >= 0.6 is 0 Å². The third-order valence-corrected chi connectivity index (χ3v) is 7.29. The Labute approximate surface area is 133 Å². The fourth-order valence-electron chi connectivity index (χ4n) is 6.21. The van der Waals surface area contributed by atoms with E-state index in [0.29, 0.717) is 5.78 Å². The van der Waals surface area contributed by atoms with Gasteiger partial charge in [0.05, 0.1) is 6.07 Å². The Morgan fingerprint density at radius 2 is 2.05 bits per heavy atom. The lowest BCUT2D eigenvalue weighted by atomic mass is 9.54. The highest BCUT2D eigenvalue weighted by atomic mass is 16.1. The van der Waals surface area contributed by atoms with Gasteiger partial charge in [-0.3, -0.25) is 4.79 Å². The van der Waals surface area contributed by atoms with Crippen molar-refractivity contribution in [2.24, 2.45) is 23.2 Å². The van der Waals surface area contributed by atoms with Crippen LogP contribution in [0.15, 0.2) is 22.8 Å². The van der Waals surface area contributed by atoms with E-state index in [0.717, 1.165) is 49.9 Å². The largest absolute Gasteiger partial charge is 0.299 e. The molecule has 4 atom stereocenters. The summed E-state index contributed by atoms with van der Waals surface area (Å²) in [7, 11) is 0. The van der Waals surface area contributed by atoms with Crippen molar-refractivity contribution in [2.75, 3.05) is 0 Å². The molecule has 2 heteroatoms. The summed E-state index contributed by atoms with van der Waals surface area (Å²) in [6.07, 6.45) is 11.7. The number of nitrogens with zero attached hydrogens (tertiary/aromatic N) is 1. The molecule has 2 fully saturated rings. The maximum absolute atomic E-state index is 11.8. The van der Waals surface area contributed by atoms with Gasteiger partial charge in [-0.25, -0.2) is 0 Å². The van der Waals surface area contributed by atoms with Crippen molar-refractivity contribution in [3.63, 3.8) is 0 Å². The summed E-state index contributed by atoms with van der Waals surface area (Å²) >= 11 is 0. The van der Waals surface area contributed by atoms with Gasteiger partial charge in [-0.15, -0.1) is 0 Å². The molecular weight excluding hydrogens is 270 g/mol. The number of carbonyl (C=O) groups is 1. The highest BCUT2D eigenvalue weighted by molar-refractivity contribution is 5.82. The molecule has 0 bridgehead atoms. The summed E-state index contributed by atoms with van der Waals surface area (Å²) in [6, 6.07) is 2.28. The van der Waals surface area contributed by atoms with Gasteiger partial charge in [0, 0.05) is 18.9 Å². The number of fused-ring (bicyclic) bond motifs is 4. The van der Waals surface area contributed by atoms with E-state index in [9.17, 15) is 4.79 Å². The molecule has 4 aliphatic rings. The molecule has 0 heterocycles. The summed E-state index contributed by atoms with van der Waals surface area (Å²) in [4.78, 5) is 11.8.